The summed E-state index contributed by atoms with van der Waals surface area (Å²) < 4.78 is 7.22. The minimum absolute atomic E-state index is 0.452. The molecule has 2 aromatic heterocycles. The van der Waals surface area contributed by atoms with Crippen molar-refractivity contribution < 1.29 is 4.52 Å². The molecule has 0 aliphatic rings. The molecular formula is C17H29N7O. The molecule has 1 N–H and O–H groups in total. The van der Waals surface area contributed by atoms with E-state index in [0.717, 1.165) is 42.6 Å². The zero-order chi connectivity index (χ0) is 18.2. The maximum Gasteiger partial charge on any atom is 0.194 e. The SMILES string of the molecule is CCNC(=NCc1cc(C(CC)CC)no1)N(C)Cc1ncnn1C. The van der Waals surface area contributed by atoms with Gasteiger partial charge in [0.2, 0.25) is 0 Å². The molecule has 0 fully saturated rings. The van der Waals surface area contributed by atoms with Crippen LogP contribution in [0.5, 0.6) is 0 Å². The monoisotopic (exact) mass is 347 g/mol. The van der Waals surface area contributed by atoms with Gasteiger partial charge >= 0.3 is 0 Å². The van der Waals surface area contributed by atoms with Gasteiger partial charge in [-0.2, -0.15) is 5.10 Å². The van der Waals surface area contributed by atoms with Crippen molar-refractivity contribution in [1.29, 1.82) is 0 Å². The standard InChI is InChI=1S/C17H29N7O/c1-6-13(7-2)15-9-14(25-22-15)10-19-17(18-8-3)23(4)11-16-20-12-21-24(16)5/h9,12-13H,6-8,10-11H2,1-5H3,(H,18,19). The smallest absolute Gasteiger partial charge is 0.194 e. The lowest BCUT2D eigenvalue weighted by Gasteiger charge is -2.21. The van der Waals surface area contributed by atoms with E-state index in [2.05, 4.69) is 39.4 Å². The van der Waals surface area contributed by atoms with E-state index in [4.69, 9.17) is 4.52 Å². The van der Waals surface area contributed by atoms with Gasteiger partial charge in [-0.25, -0.2) is 9.98 Å². The lowest BCUT2D eigenvalue weighted by atomic mass is 9.99. The van der Waals surface area contributed by atoms with Crippen LogP contribution in [0.2, 0.25) is 0 Å². The van der Waals surface area contributed by atoms with Gasteiger partial charge in [-0.3, -0.25) is 4.68 Å². The van der Waals surface area contributed by atoms with Crippen LogP contribution in [0, 0.1) is 0 Å². The summed E-state index contributed by atoms with van der Waals surface area (Å²) >= 11 is 0. The first-order valence-corrected chi connectivity index (χ1v) is 8.86. The molecule has 0 bridgehead atoms. The summed E-state index contributed by atoms with van der Waals surface area (Å²) in [4.78, 5) is 10.9. The van der Waals surface area contributed by atoms with Gasteiger partial charge in [0.1, 0.15) is 18.7 Å². The van der Waals surface area contributed by atoms with Gasteiger partial charge in [0, 0.05) is 32.6 Å². The van der Waals surface area contributed by atoms with Crippen molar-refractivity contribution in [3.05, 3.63) is 29.7 Å². The number of aliphatic imine (C=N–C) groups is 1. The molecule has 0 saturated heterocycles. The largest absolute Gasteiger partial charge is 0.359 e. The minimum Gasteiger partial charge on any atom is -0.359 e. The summed E-state index contributed by atoms with van der Waals surface area (Å²) in [5, 5.41) is 11.6. The first-order valence-electron chi connectivity index (χ1n) is 8.86. The molecule has 0 aliphatic carbocycles. The van der Waals surface area contributed by atoms with Crippen LogP contribution in [0.3, 0.4) is 0 Å². The fourth-order valence-corrected chi connectivity index (χ4v) is 2.68. The molecule has 8 heteroatoms. The first-order chi connectivity index (χ1) is 12.1. The Bertz CT molecular complexity index is 672. The fourth-order valence-electron chi connectivity index (χ4n) is 2.68. The molecule has 138 valence electrons. The minimum atomic E-state index is 0.452. The highest BCUT2D eigenvalue weighted by atomic mass is 16.5. The van der Waals surface area contributed by atoms with Crippen LogP contribution in [0.25, 0.3) is 0 Å². The Kier molecular flexibility index (Phi) is 6.97. The molecule has 0 aromatic carbocycles. The van der Waals surface area contributed by atoms with E-state index < -0.39 is 0 Å². The highest BCUT2D eigenvalue weighted by Gasteiger charge is 2.14. The number of aromatic nitrogens is 4. The third-order valence-electron chi connectivity index (χ3n) is 4.25. The number of aryl methyl sites for hydroxylation is 1. The summed E-state index contributed by atoms with van der Waals surface area (Å²) in [7, 11) is 3.86. The number of hydrogen-bond donors (Lipinski definition) is 1. The quantitative estimate of drug-likeness (QED) is 0.583. The van der Waals surface area contributed by atoms with E-state index in [-0.39, 0.29) is 0 Å². The Labute approximate surface area is 149 Å². The van der Waals surface area contributed by atoms with Gasteiger partial charge in [-0.15, -0.1) is 0 Å². The summed E-state index contributed by atoms with van der Waals surface area (Å²) in [5.41, 5.74) is 1.02. The van der Waals surface area contributed by atoms with Gasteiger partial charge in [-0.05, 0) is 19.8 Å². The fraction of sp³-hybridized carbons (Fsp3) is 0.647. The Morgan fingerprint density at radius 2 is 2.12 bits per heavy atom. The van der Waals surface area contributed by atoms with Crippen molar-refractivity contribution in [2.45, 2.75) is 52.6 Å². The number of nitrogens with one attached hydrogen (secondary N) is 1. The molecule has 0 aliphatic heterocycles. The Hall–Kier alpha value is -2.38. The second kappa shape index (κ2) is 9.19. The Morgan fingerprint density at radius 1 is 1.36 bits per heavy atom. The molecule has 2 heterocycles. The molecule has 8 nitrogen and oxygen atoms in total. The van der Waals surface area contributed by atoms with Crippen molar-refractivity contribution in [3.8, 4) is 0 Å². The van der Waals surface area contributed by atoms with Crippen molar-refractivity contribution in [3.63, 3.8) is 0 Å². The van der Waals surface area contributed by atoms with Gasteiger partial charge in [0.25, 0.3) is 0 Å². The van der Waals surface area contributed by atoms with E-state index in [0.29, 0.717) is 19.0 Å². The topological polar surface area (TPSA) is 84.4 Å². The zero-order valence-corrected chi connectivity index (χ0v) is 15.9. The van der Waals surface area contributed by atoms with Crippen LogP contribution in [-0.2, 0) is 20.1 Å². The maximum absolute atomic E-state index is 5.45. The Balaban J connectivity index is 2.05. The average molecular weight is 347 g/mol. The number of nitrogens with zero attached hydrogens (tertiary/aromatic N) is 6. The van der Waals surface area contributed by atoms with E-state index in [1.165, 1.54) is 0 Å². The van der Waals surface area contributed by atoms with Gasteiger partial charge in [-0.1, -0.05) is 19.0 Å². The lowest BCUT2D eigenvalue weighted by Crippen LogP contribution is -2.39. The van der Waals surface area contributed by atoms with Crippen LogP contribution in [0.1, 0.15) is 56.8 Å². The molecule has 0 atom stereocenters. The van der Waals surface area contributed by atoms with Crippen LogP contribution in [0.15, 0.2) is 21.9 Å². The zero-order valence-electron chi connectivity index (χ0n) is 15.9. The van der Waals surface area contributed by atoms with Gasteiger partial charge in [0.15, 0.2) is 11.7 Å². The predicted molar refractivity (Wildman–Crippen MR) is 97.1 cm³/mol. The van der Waals surface area contributed by atoms with E-state index in [1.54, 1.807) is 11.0 Å². The molecule has 2 rings (SSSR count). The Morgan fingerprint density at radius 3 is 2.72 bits per heavy atom. The average Bonchev–Trinajstić information content (AvgIpc) is 3.22. The van der Waals surface area contributed by atoms with Crippen LogP contribution < -0.4 is 5.32 Å². The maximum atomic E-state index is 5.45. The van der Waals surface area contributed by atoms with Gasteiger partial charge < -0.3 is 14.7 Å². The number of hydrogen-bond acceptors (Lipinski definition) is 5. The molecule has 0 saturated carbocycles. The van der Waals surface area contributed by atoms with Crippen LogP contribution in [0.4, 0.5) is 0 Å². The third-order valence-corrected chi connectivity index (χ3v) is 4.25. The second-order valence-electron chi connectivity index (χ2n) is 6.06. The normalized spacial score (nSPS) is 12.0. The number of guanidine groups is 1. The number of rotatable bonds is 8. The van der Waals surface area contributed by atoms with Gasteiger partial charge in [0.05, 0.1) is 12.2 Å². The highest BCUT2D eigenvalue weighted by molar-refractivity contribution is 5.79. The molecule has 0 amide bonds. The van der Waals surface area contributed by atoms with Crippen molar-refractivity contribution in [1.82, 2.24) is 30.1 Å². The molecular weight excluding hydrogens is 318 g/mol. The summed E-state index contributed by atoms with van der Waals surface area (Å²) in [6, 6.07) is 2.02. The highest BCUT2D eigenvalue weighted by Crippen LogP contribution is 2.22. The van der Waals surface area contributed by atoms with E-state index in [1.807, 2.05) is 32.0 Å². The van der Waals surface area contributed by atoms with Crippen molar-refractivity contribution >= 4 is 5.96 Å². The summed E-state index contributed by atoms with van der Waals surface area (Å²) in [6.07, 6.45) is 3.69. The molecule has 2 aromatic rings. The predicted octanol–water partition coefficient (Wildman–Crippen LogP) is 2.30. The van der Waals surface area contributed by atoms with E-state index >= 15 is 0 Å². The van der Waals surface area contributed by atoms with Crippen LogP contribution >= 0.6 is 0 Å². The summed E-state index contributed by atoms with van der Waals surface area (Å²) in [6.45, 7) is 8.26. The van der Waals surface area contributed by atoms with Crippen LogP contribution in [-0.4, -0.2) is 44.4 Å². The third kappa shape index (κ3) is 5.04. The molecule has 0 spiro atoms. The second-order valence-corrected chi connectivity index (χ2v) is 6.06. The summed E-state index contributed by atoms with van der Waals surface area (Å²) in [5.74, 6) is 2.91. The first kappa shape index (κ1) is 19.0. The molecule has 25 heavy (non-hydrogen) atoms. The molecule has 0 radical (unpaired) electrons. The van der Waals surface area contributed by atoms with Crippen molar-refractivity contribution in [2.24, 2.45) is 12.0 Å². The van der Waals surface area contributed by atoms with E-state index in [9.17, 15) is 0 Å². The van der Waals surface area contributed by atoms with Crippen molar-refractivity contribution in [2.75, 3.05) is 13.6 Å². The lowest BCUT2D eigenvalue weighted by molar-refractivity contribution is 0.371. The molecule has 0 unspecified atom stereocenters.